The molecule has 0 radical (unpaired) electrons. The van der Waals surface area contributed by atoms with Gasteiger partial charge in [0.05, 0.1) is 11.4 Å². The number of hydrogen-bond acceptors (Lipinski definition) is 3. The van der Waals surface area contributed by atoms with E-state index in [1.165, 1.54) is 0 Å². The van der Waals surface area contributed by atoms with Crippen molar-refractivity contribution in [2.45, 2.75) is 46.2 Å². The summed E-state index contributed by atoms with van der Waals surface area (Å²) in [5, 5.41) is 10.5. The normalized spacial score (nSPS) is 11.6. The summed E-state index contributed by atoms with van der Waals surface area (Å²) in [6.07, 6.45) is 0.494. The lowest BCUT2D eigenvalue weighted by Crippen LogP contribution is -2.41. The van der Waals surface area contributed by atoms with Crippen molar-refractivity contribution in [3.8, 4) is 0 Å². The molecule has 0 aliphatic heterocycles. The molecule has 0 bridgehead atoms. The standard InChI is InChI=1S/C13H24N4O/c1-10-8-11(17(5)16-10)9-14-7-6-12(18)15-13(2,3)4/h8,14H,6-7,9H2,1-5H3,(H,15,18). The Morgan fingerprint density at radius 3 is 2.61 bits per heavy atom. The van der Waals surface area contributed by atoms with Gasteiger partial charge in [0, 0.05) is 32.1 Å². The smallest absolute Gasteiger partial charge is 0.221 e. The van der Waals surface area contributed by atoms with E-state index in [1.807, 2.05) is 45.5 Å². The van der Waals surface area contributed by atoms with Gasteiger partial charge >= 0.3 is 0 Å². The number of nitrogens with zero attached hydrogens (tertiary/aromatic N) is 2. The maximum Gasteiger partial charge on any atom is 0.221 e. The third-order valence-corrected chi connectivity index (χ3v) is 2.45. The zero-order valence-corrected chi connectivity index (χ0v) is 12.0. The number of rotatable bonds is 5. The van der Waals surface area contributed by atoms with Crippen LogP contribution in [0.1, 0.15) is 38.6 Å². The Labute approximate surface area is 109 Å². The van der Waals surface area contributed by atoms with E-state index in [0.29, 0.717) is 13.0 Å². The van der Waals surface area contributed by atoms with Gasteiger partial charge in [-0.3, -0.25) is 9.48 Å². The molecule has 5 nitrogen and oxygen atoms in total. The Morgan fingerprint density at radius 1 is 1.44 bits per heavy atom. The first-order chi connectivity index (χ1) is 8.28. The van der Waals surface area contributed by atoms with E-state index in [1.54, 1.807) is 0 Å². The molecule has 1 aromatic rings. The van der Waals surface area contributed by atoms with Crippen LogP contribution in [-0.2, 0) is 18.4 Å². The fraction of sp³-hybridized carbons (Fsp3) is 0.692. The SMILES string of the molecule is Cc1cc(CNCCC(=O)NC(C)(C)C)n(C)n1. The number of aromatic nitrogens is 2. The molecule has 1 amide bonds. The van der Waals surface area contributed by atoms with Gasteiger partial charge in [-0.15, -0.1) is 0 Å². The minimum atomic E-state index is -0.157. The van der Waals surface area contributed by atoms with Crippen molar-refractivity contribution in [3.63, 3.8) is 0 Å². The molecule has 102 valence electrons. The second kappa shape index (κ2) is 6.00. The lowest BCUT2D eigenvalue weighted by molar-refractivity contribution is -0.122. The van der Waals surface area contributed by atoms with Gasteiger partial charge in [0.2, 0.25) is 5.91 Å². The van der Waals surface area contributed by atoms with Crippen molar-refractivity contribution in [2.24, 2.45) is 7.05 Å². The number of amides is 1. The van der Waals surface area contributed by atoms with Gasteiger partial charge in [-0.2, -0.15) is 5.10 Å². The minimum absolute atomic E-state index is 0.0798. The zero-order valence-electron chi connectivity index (χ0n) is 12.0. The highest BCUT2D eigenvalue weighted by molar-refractivity contribution is 5.76. The van der Waals surface area contributed by atoms with Gasteiger partial charge < -0.3 is 10.6 Å². The van der Waals surface area contributed by atoms with E-state index in [9.17, 15) is 4.79 Å². The summed E-state index contributed by atoms with van der Waals surface area (Å²) in [5.74, 6) is 0.0798. The molecule has 5 heteroatoms. The molecule has 2 N–H and O–H groups in total. The third-order valence-electron chi connectivity index (χ3n) is 2.45. The van der Waals surface area contributed by atoms with E-state index >= 15 is 0 Å². The first kappa shape index (κ1) is 14.7. The summed E-state index contributed by atoms with van der Waals surface area (Å²) >= 11 is 0. The van der Waals surface area contributed by atoms with Gasteiger partial charge in [-0.1, -0.05) is 0 Å². The van der Waals surface area contributed by atoms with Crippen LogP contribution >= 0.6 is 0 Å². The lowest BCUT2D eigenvalue weighted by atomic mass is 10.1. The number of nitrogens with one attached hydrogen (secondary N) is 2. The highest BCUT2D eigenvalue weighted by Crippen LogP contribution is 2.01. The van der Waals surface area contributed by atoms with E-state index in [4.69, 9.17) is 0 Å². The average Bonchev–Trinajstić information content (AvgIpc) is 2.49. The van der Waals surface area contributed by atoms with Gasteiger partial charge in [0.15, 0.2) is 0 Å². The van der Waals surface area contributed by atoms with Crippen LogP contribution in [0.25, 0.3) is 0 Å². The first-order valence-corrected chi connectivity index (χ1v) is 6.29. The molecule has 1 rings (SSSR count). The number of aryl methyl sites for hydroxylation is 2. The van der Waals surface area contributed by atoms with Crippen molar-refractivity contribution in [1.82, 2.24) is 20.4 Å². The average molecular weight is 252 g/mol. The van der Waals surface area contributed by atoms with Crippen molar-refractivity contribution in [3.05, 3.63) is 17.5 Å². The second-order valence-electron chi connectivity index (χ2n) is 5.63. The molecule has 0 aromatic carbocycles. The molecule has 0 aliphatic carbocycles. The second-order valence-corrected chi connectivity index (χ2v) is 5.63. The van der Waals surface area contributed by atoms with Crippen molar-refractivity contribution >= 4 is 5.91 Å². The summed E-state index contributed by atoms with van der Waals surface area (Å²) in [4.78, 5) is 11.6. The van der Waals surface area contributed by atoms with Crippen LogP contribution in [0.5, 0.6) is 0 Å². The molecule has 0 saturated heterocycles. The van der Waals surface area contributed by atoms with Crippen LogP contribution in [0.2, 0.25) is 0 Å². The highest BCUT2D eigenvalue weighted by atomic mass is 16.1. The molecule has 0 atom stereocenters. The molecule has 0 saturated carbocycles. The molecule has 0 aliphatic rings. The summed E-state index contributed by atoms with van der Waals surface area (Å²) in [6.45, 7) is 9.33. The van der Waals surface area contributed by atoms with Crippen molar-refractivity contribution in [2.75, 3.05) is 6.54 Å². The Bertz CT molecular complexity index is 404. The summed E-state index contributed by atoms with van der Waals surface area (Å²) in [5.41, 5.74) is 1.99. The van der Waals surface area contributed by atoms with Crippen LogP contribution in [-0.4, -0.2) is 27.8 Å². The molecular weight excluding hydrogens is 228 g/mol. The van der Waals surface area contributed by atoms with E-state index in [0.717, 1.165) is 17.9 Å². The number of hydrogen-bond donors (Lipinski definition) is 2. The molecular formula is C13H24N4O. The maximum absolute atomic E-state index is 11.6. The molecule has 0 unspecified atom stereocenters. The first-order valence-electron chi connectivity index (χ1n) is 6.29. The summed E-state index contributed by atoms with van der Waals surface area (Å²) < 4.78 is 1.86. The summed E-state index contributed by atoms with van der Waals surface area (Å²) in [6, 6.07) is 2.04. The highest BCUT2D eigenvalue weighted by Gasteiger charge is 2.12. The fourth-order valence-corrected chi connectivity index (χ4v) is 1.73. The molecule has 1 heterocycles. The quantitative estimate of drug-likeness (QED) is 0.772. The minimum Gasteiger partial charge on any atom is -0.351 e. The van der Waals surface area contributed by atoms with Crippen molar-refractivity contribution in [1.29, 1.82) is 0 Å². The predicted molar refractivity (Wildman–Crippen MR) is 72.2 cm³/mol. The molecule has 0 spiro atoms. The Morgan fingerprint density at radius 2 is 2.11 bits per heavy atom. The van der Waals surface area contributed by atoms with Crippen LogP contribution in [0.15, 0.2) is 6.07 Å². The van der Waals surface area contributed by atoms with Crippen LogP contribution in [0.3, 0.4) is 0 Å². The predicted octanol–water partition coefficient (Wildman–Crippen LogP) is 1.12. The number of carbonyl (C=O) groups is 1. The molecule has 0 fully saturated rings. The van der Waals surface area contributed by atoms with Gasteiger partial charge in [0.25, 0.3) is 0 Å². The Kier molecular flexibility index (Phi) is 4.90. The van der Waals surface area contributed by atoms with E-state index in [2.05, 4.69) is 15.7 Å². The van der Waals surface area contributed by atoms with Gasteiger partial charge in [-0.05, 0) is 33.8 Å². The van der Waals surface area contributed by atoms with Crippen LogP contribution in [0, 0.1) is 6.92 Å². The molecule has 18 heavy (non-hydrogen) atoms. The topological polar surface area (TPSA) is 59.0 Å². The van der Waals surface area contributed by atoms with E-state index < -0.39 is 0 Å². The Hall–Kier alpha value is -1.36. The number of carbonyl (C=O) groups excluding carboxylic acids is 1. The van der Waals surface area contributed by atoms with Crippen molar-refractivity contribution < 1.29 is 4.79 Å². The summed E-state index contributed by atoms with van der Waals surface area (Å²) in [7, 11) is 1.93. The van der Waals surface area contributed by atoms with Crippen LogP contribution in [0.4, 0.5) is 0 Å². The third kappa shape index (κ3) is 5.31. The Balaban J connectivity index is 2.23. The molecule has 1 aromatic heterocycles. The maximum atomic E-state index is 11.6. The lowest BCUT2D eigenvalue weighted by Gasteiger charge is -2.20. The monoisotopic (exact) mass is 252 g/mol. The largest absolute Gasteiger partial charge is 0.351 e. The van der Waals surface area contributed by atoms with E-state index in [-0.39, 0.29) is 11.4 Å². The van der Waals surface area contributed by atoms with Gasteiger partial charge in [0.1, 0.15) is 0 Å². The fourth-order valence-electron chi connectivity index (χ4n) is 1.73. The zero-order chi connectivity index (χ0) is 13.8. The van der Waals surface area contributed by atoms with Gasteiger partial charge in [-0.25, -0.2) is 0 Å². The van der Waals surface area contributed by atoms with Crippen LogP contribution < -0.4 is 10.6 Å².